The van der Waals surface area contributed by atoms with Crippen molar-refractivity contribution in [3.63, 3.8) is 0 Å². The number of hydrazone groups is 1. The summed E-state index contributed by atoms with van der Waals surface area (Å²) in [5.74, 6) is -0.552. The molecule has 1 N–H and O–H groups in total. The van der Waals surface area contributed by atoms with E-state index in [4.69, 9.17) is 16.3 Å². The second-order valence-electron chi connectivity index (χ2n) is 5.53. The fourth-order valence-corrected chi connectivity index (χ4v) is 2.75. The number of benzene rings is 2. The van der Waals surface area contributed by atoms with E-state index in [0.717, 1.165) is 0 Å². The zero-order valence-corrected chi connectivity index (χ0v) is 16.6. The number of amides is 1. The van der Waals surface area contributed by atoms with Crippen LogP contribution in [0.2, 0.25) is 5.02 Å². The van der Waals surface area contributed by atoms with Gasteiger partial charge in [-0.05, 0) is 64.0 Å². The van der Waals surface area contributed by atoms with Crippen LogP contribution in [0.3, 0.4) is 0 Å². The Morgan fingerprint density at radius 1 is 1.11 bits per heavy atom. The highest BCUT2D eigenvalue weighted by Crippen LogP contribution is 2.19. The largest absolute Gasteiger partial charge is 0.423 e. The standard InChI is InChI=1S/C20H13BrClN3O3/c21-15-9-14(11-23-12-15)19(26)25-24-10-13-5-7-16(8-6-13)28-20(27)17-3-1-2-4-18(17)22/h1-12H,(H,25,26). The summed E-state index contributed by atoms with van der Waals surface area (Å²) >= 11 is 9.24. The van der Waals surface area contributed by atoms with Gasteiger partial charge in [0.2, 0.25) is 0 Å². The van der Waals surface area contributed by atoms with Crippen molar-refractivity contribution in [2.45, 2.75) is 0 Å². The summed E-state index contributed by atoms with van der Waals surface area (Å²) in [4.78, 5) is 28.0. The minimum atomic E-state index is -0.540. The molecule has 1 heterocycles. The zero-order chi connectivity index (χ0) is 19.9. The average Bonchev–Trinajstić information content (AvgIpc) is 2.69. The van der Waals surface area contributed by atoms with E-state index in [2.05, 4.69) is 31.4 Å². The molecule has 0 radical (unpaired) electrons. The summed E-state index contributed by atoms with van der Waals surface area (Å²) in [6.45, 7) is 0. The Bertz CT molecular complexity index is 1040. The molecular weight excluding hydrogens is 446 g/mol. The lowest BCUT2D eigenvalue weighted by Crippen LogP contribution is -2.17. The Balaban J connectivity index is 1.58. The number of carbonyl (C=O) groups is 2. The lowest BCUT2D eigenvalue weighted by Gasteiger charge is -2.06. The number of hydrogen-bond acceptors (Lipinski definition) is 5. The first-order chi connectivity index (χ1) is 13.5. The van der Waals surface area contributed by atoms with Gasteiger partial charge in [-0.1, -0.05) is 23.7 Å². The Kier molecular flexibility index (Phi) is 6.52. The maximum Gasteiger partial charge on any atom is 0.345 e. The Hall–Kier alpha value is -3.03. The first-order valence-electron chi connectivity index (χ1n) is 8.03. The summed E-state index contributed by atoms with van der Waals surface area (Å²) in [5.41, 5.74) is 3.81. The van der Waals surface area contributed by atoms with Gasteiger partial charge in [-0.2, -0.15) is 5.10 Å². The first-order valence-corrected chi connectivity index (χ1v) is 9.21. The summed E-state index contributed by atoms with van der Waals surface area (Å²) < 4.78 is 6.00. The molecule has 0 fully saturated rings. The summed E-state index contributed by atoms with van der Waals surface area (Å²) in [5, 5.41) is 4.23. The van der Waals surface area contributed by atoms with Crippen LogP contribution in [0.15, 0.2) is 76.6 Å². The van der Waals surface area contributed by atoms with Crippen molar-refractivity contribution in [3.05, 3.63) is 93.2 Å². The normalized spacial score (nSPS) is 10.6. The van der Waals surface area contributed by atoms with Crippen molar-refractivity contribution in [2.75, 3.05) is 0 Å². The third-order valence-corrected chi connectivity index (χ3v) is 4.29. The predicted molar refractivity (Wildman–Crippen MR) is 110 cm³/mol. The molecule has 0 atom stereocenters. The van der Waals surface area contributed by atoms with Crippen LogP contribution in [0.25, 0.3) is 0 Å². The smallest absolute Gasteiger partial charge is 0.345 e. The van der Waals surface area contributed by atoms with Gasteiger partial charge in [-0.3, -0.25) is 9.78 Å². The number of pyridine rings is 1. The van der Waals surface area contributed by atoms with Crippen molar-refractivity contribution in [3.8, 4) is 5.75 Å². The topological polar surface area (TPSA) is 80.6 Å². The van der Waals surface area contributed by atoms with Crippen LogP contribution in [0.5, 0.6) is 5.75 Å². The van der Waals surface area contributed by atoms with E-state index >= 15 is 0 Å². The SMILES string of the molecule is O=C(NN=Cc1ccc(OC(=O)c2ccccc2Cl)cc1)c1cncc(Br)c1. The molecule has 1 amide bonds. The second kappa shape index (κ2) is 9.25. The van der Waals surface area contributed by atoms with Gasteiger partial charge < -0.3 is 4.74 Å². The molecule has 0 aliphatic carbocycles. The van der Waals surface area contributed by atoms with E-state index in [1.54, 1.807) is 60.8 Å². The lowest BCUT2D eigenvalue weighted by atomic mass is 10.2. The summed E-state index contributed by atoms with van der Waals surface area (Å²) in [6.07, 6.45) is 4.50. The van der Waals surface area contributed by atoms with Crippen molar-refractivity contribution in [1.29, 1.82) is 0 Å². The molecule has 0 spiro atoms. The molecule has 0 aliphatic heterocycles. The Morgan fingerprint density at radius 3 is 2.57 bits per heavy atom. The van der Waals surface area contributed by atoms with Crippen LogP contribution in [-0.2, 0) is 0 Å². The highest BCUT2D eigenvalue weighted by molar-refractivity contribution is 9.10. The van der Waals surface area contributed by atoms with Gasteiger partial charge in [0.1, 0.15) is 5.75 Å². The molecule has 8 heteroatoms. The number of nitrogens with one attached hydrogen (secondary N) is 1. The first kappa shape index (κ1) is 19.7. The van der Waals surface area contributed by atoms with Gasteiger partial charge in [-0.15, -0.1) is 0 Å². The molecule has 140 valence electrons. The number of hydrogen-bond donors (Lipinski definition) is 1. The minimum Gasteiger partial charge on any atom is -0.423 e. The van der Waals surface area contributed by atoms with E-state index in [9.17, 15) is 9.59 Å². The quantitative estimate of drug-likeness (QED) is 0.264. The molecule has 3 aromatic rings. The molecule has 0 saturated carbocycles. The fraction of sp³-hybridized carbons (Fsp3) is 0. The highest BCUT2D eigenvalue weighted by Gasteiger charge is 2.12. The number of carbonyl (C=O) groups excluding carboxylic acids is 2. The Labute approximate surface area is 174 Å². The molecule has 3 rings (SSSR count). The number of nitrogens with zero attached hydrogens (tertiary/aromatic N) is 2. The minimum absolute atomic E-state index is 0.291. The molecule has 0 unspecified atom stereocenters. The van der Waals surface area contributed by atoms with Crippen LogP contribution in [0.4, 0.5) is 0 Å². The van der Waals surface area contributed by atoms with Crippen LogP contribution in [-0.4, -0.2) is 23.1 Å². The van der Waals surface area contributed by atoms with Gasteiger partial charge >= 0.3 is 5.97 Å². The number of aromatic nitrogens is 1. The molecule has 0 aliphatic rings. The molecular formula is C20H13BrClN3O3. The van der Waals surface area contributed by atoms with E-state index < -0.39 is 5.97 Å². The third kappa shape index (κ3) is 5.25. The second-order valence-corrected chi connectivity index (χ2v) is 6.85. The molecule has 28 heavy (non-hydrogen) atoms. The van der Waals surface area contributed by atoms with Crippen LogP contribution < -0.4 is 10.2 Å². The van der Waals surface area contributed by atoms with Crippen LogP contribution in [0, 0.1) is 0 Å². The van der Waals surface area contributed by atoms with Crippen molar-refractivity contribution < 1.29 is 14.3 Å². The molecule has 2 aromatic carbocycles. The van der Waals surface area contributed by atoms with E-state index in [1.165, 1.54) is 12.4 Å². The molecule has 6 nitrogen and oxygen atoms in total. The number of esters is 1. The molecule has 0 bridgehead atoms. The maximum absolute atomic E-state index is 12.1. The summed E-state index contributed by atoms with van der Waals surface area (Å²) in [6, 6.07) is 14.9. The van der Waals surface area contributed by atoms with Crippen molar-refractivity contribution in [1.82, 2.24) is 10.4 Å². The van der Waals surface area contributed by atoms with E-state index in [1.807, 2.05) is 0 Å². The number of ether oxygens (including phenoxy) is 1. The molecule has 0 saturated heterocycles. The fourth-order valence-electron chi connectivity index (χ4n) is 2.18. The van der Waals surface area contributed by atoms with Gasteiger partial charge in [0.05, 0.1) is 22.4 Å². The van der Waals surface area contributed by atoms with E-state index in [0.29, 0.717) is 31.9 Å². The average molecular weight is 459 g/mol. The monoisotopic (exact) mass is 457 g/mol. The zero-order valence-electron chi connectivity index (χ0n) is 14.3. The third-order valence-electron chi connectivity index (χ3n) is 3.53. The molecule has 1 aromatic heterocycles. The number of rotatable bonds is 5. The van der Waals surface area contributed by atoms with Crippen LogP contribution in [0.1, 0.15) is 26.3 Å². The van der Waals surface area contributed by atoms with Gasteiger partial charge in [0.25, 0.3) is 5.91 Å². The van der Waals surface area contributed by atoms with Gasteiger partial charge in [0, 0.05) is 16.9 Å². The number of halogens is 2. The predicted octanol–water partition coefficient (Wildman–Crippen LogP) is 4.48. The van der Waals surface area contributed by atoms with Gasteiger partial charge in [0.15, 0.2) is 0 Å². The van der Waals surface area contributed by atoms with Crippen molar-refractivity contribution >= 4 is 45.6 Å². The van der Waals surface area contributed by atoms with E-state index in [-0.39, 0.29) is 5.91 Å². The lowest BCUT2D eigenvalue weighted by molar-refractivity contribution is 0.0734. The highest BCUT2D eigenvalue weighted by atomic mass is 79.9. The summed E-state index contributed by atoms with van der Waals surface area (Å²) in [7, 11) is 0. The Morgan fingerprint density at radius 2 is 1.86 bits per heavy atom. The van der Waals surface area contributed by atoms with Crippen molar-refractivity contribution in [2.24, 2.45) is 5.10 Å². The van der Waals surface area contributed by atoms with Gasteiger partial charge in [-0.25, -0.2) is 10.2 Å². The van der Waals surface area contributed by atoms with Crippen LogP contribution >= 0.6 is 27.5 Å². The maximum atomic E-state index is 12.1.